The van der Waals surface area contributed by atoms with Crippen molar-refractivity contribution < 1.29 is 41.7 Å². The van der Waals surface area contributed by atoms with Gasteiger partial charge >= 0.3 is 18.0 Å². The minimum atomic E-state index is -3.66. The molecule has 2 saturated heterocycles. The van der Waals surface area contributed by atoms with Crippen LogP contribution < -0.4 is 15.2 Å². The second kappa shape index (κ2) is 17.8. The molecule has 0 radical (unpaired) electrons. The molecule has 14 nitrogen and oxygen atoms in total. The Morgan fingerprint density at radius 2 is 1.73 bits per heavy atom. The molecule has 0 saturated carbocycles. The molecule has 0 spiro atoms. The second-order valence-electron chi connectivity index (χ2n) is 13.4. The molecular formula is C33H53N5O9S. The van der Waals surface area contributed by atoms with E-state index in [0.717, 1.165) is 32.4 Å². The van der Waals surface area contributed by atoms with Crippen LogP contribution in [0.15, 0.2) is 24.3 Å². The Morgan fingerprint density at radius 3 is 2.31 bits per heavy atom. The molecule has 1 aromatic carbocycles. The third kappa shape index (κ3) is 12.2. The van der Waals surface area contributed by atoms with Crippen LogP contribution in [0, 0.1) is 5.41 Å². The molecule has 3 rings (SSSR count). The first-order chi connectivity index (χ1) is 22.6. The van der Waals surface area contributed by atoms with Gasteiger partial charge in [-0.25, -0.2) is 22.7 Å². The molecular weight excluding hydrogens is 642 g/mol. The average Bonchev–Trinajstić information content (AvgIpc) is 3.39. The number of nitrogens with zero attached hydrogens (tertiary/aromatic N) is 2. The van der Waals surface area contributed by atoms with Crippen molar-refractivity contribution >= 4 is 33.9 Å². The smallest absolute Gasteiger partial charge is 0.411 e. The summed E-state index contributed by atoms with van der Waals surface area (Å²) in [5.41, 5.74) is 5.89. The van der Waals surface area contributed by atoms with E-state index in [9.17, 15) is 22.8 Å². The lowest BCUT2D eigenvalue weighted by molar-refractivity contribution is -0.160. The van der Waals surface area contributed by atoms with Crippen LogP contribution in [-0.2, 0) is 40.2 Å². The Kier molecular flexibility index (Phi) is 14.5. The summed E-state index contributed by atoms with van der Waals surface area (Å²) in [5.74, 6) is -0.800. The van der Waals surface area contributed by atoms with Crippen molar-refractivity contribution in [3.05, 3.63) is 29.8 Å². The number of sulfonamides is 1. The predicted octanol–water partition coefficient (Wildman–Crippen LogP) is 2.97. The molecule has 270 valence electrons. The van der Waals surface area contributed by atoms with Crippen LogP contribution in [0.5, 0.6) is 5.75 Å². The first-order valence-corrected chi connectivity index (χ1v) is 18.3. The van der Waals surface area contributed by atoms with Gasteiger partial charge in [0.05, 0.1) is 25.4 Å². The van der Waals surface area contributed by atoms with E-state index < -0.39 is 51.8 Å². The number of methoxy groups -OCH3 is 1. The third-order valence-electron chi connectivity index (χ3n) is 8.23. The highest BCUT2D eigenvalue weighted by molar-refractivity contribution is 7.89. The van der Waals surface area contributed by atoms with E-state index in [2.05, 4.69) is 9.62 Å². The quantitative estimate of drug-likeness (QED) is 0.0886. The van der Waals surface area contributed by atoms with E-state index in [1.54, 1.807) is 45.0 Å². The summed E-state index contributed by atoms with van der Waals surface area (Å²) in [7, 11) is -2.45. The van der Waals surface area contributed by atoms with Gasteiger partial charge in [-0.3, -0.25) is 20.0 Å². The van der Waals surface area contributed by atoms with Crippen molar-refractivity contribution in [2.75, 3.05) is 39.1 Å². The minimum absolute atomic E-state index is 0.0223. The molecule has 2 aliphatic rings. The van der Waals surface area contributed by atoms with E-state index in [0.29, 0.717) is 30.6 Å². The van der Waals surface area contributed by atoms with E-state index in [-0.39, 0.29) is 43.6 Å². The molecule has 4 atom stereocenters. The summed E-state index contributed by atoms with van der Waals surface area (Å²) in [6.07, 6.45) is 3.80. The molecule has 15 heteroatoms. The SMILES string of the molecule is CCCCS(=O)(=O)NC(Cc1ccc(OCC2CN(C(CCC(C(=N)N)N3CCCCC3)C(=O)OC(C)(C)C)C(=O)O2)cc1)C(=O)OC. The number of hydrogen-bond donors (Lipinski definition) is 3. The van der Waals surface area contributed by atoms with Gasteiger partial charge in [-0.05, 0) is 90.1 Å². The molecule has 4 N–H and O–H groups in total. The van der Waals surface area contributed by atoms with Crippen molar-refractivity contribution in [3.8, 4) is 5.75 Å². The summed E-state index contributed by atoms with van der Waals surface area (Å²) in [6, 6.07) is 4.45. The monoisotopic (exact) mass is 695 g/mol. The van der Waals surface area contributed by atoms with Crippen LogP contribution in [-0.4, -0.2) is 111 Å². The van der Waals surface area contributed by atoms with Gasteiger partial charge in [-0.2, -0.15) is 0 Å². The maximum atomic E-state index is 13.4. The van der Waals surface area contributed by atoms with Crippen LogP contribution in [0.1, 0.15) is 78.2 Å². The van der Waals surface area contributed by atoms with Gasteiger partial charge in [0.1, 0.15) is 35.9 Å². The number of nitrogens with one attached hydrogen (secondary N) is 2. The Hall–Kier alpha value is -3.43. The zero-order valence-electron chi connectivity index (χ0n) is 28.9. The molecule has 1 amide bonds. The highest BCUT2D eigenvalue weighted by atomic mass is 32.2. The number of rotatable bonds is 18. The number of amides is 1. The lowest BCUT2D eigenvalue weighted by Gasteiger charge is -2.35. The molecule has 2 aliphatic heterocycles. The molecule has 0 aromatic heterocycles. The first-order valence-electron chi connectivity index (χ1n) is 16.7. The topological polar surface area (TPSA) is 191 Å². The summed E-state index contributed by atoms with van der Waals surface area (Å²) < 4.78 is 49.2. The number of carbonyl (C=O) groups is 3. The molecule has 4 unspecified atom stereocenters. The number of amidine groups is 1. The predicted molar refractivity (Wildman–Crippen MR) is 180 cm³/mol. The van der Waals surface area contributed by atoms with Crippen molar-refractivity contribution in [2.45, 2.75) is 109 Å². The fraction of sp³-hybridized carbons (Fsp3) is 0.697. The number of cyclic esters (lactones) is 1. The van der Waals surface area contributed by atoms with E-state index in [4.69, 9.17) is 30.1 Å². The number of ether oxygens (including phenoxy) is 4. The van der Waals surface area contributed by atoms with Crippen molar-refractivity contribution in [1.82, 2.24) is 14.5 Å². The maximum Gasteiger partial charge on any atom is 0.411 e. The molecule has 48 heavy (non-hydrogen) atoms. The number of piperidine rings is 1. The number of benzene rings is 1. The van der Waals surface area contributed by atoms with Crippen LogP contribution in [0.25, 0.3) is 0 Å². The zero-order valence-corrected chi connectivity index (χ0v) is 29.7. The fourth-order valence-corrected chi connectivity index (χ4v) is 7.21. The van der Waals surface area contributed by atoms with Crippen molar-refractivity contribution in [1.29, 1.82) is 5.41 Å². The molecule has 2 fully saturated rings. The molecule has 2 heterocycles. The van der Waals surface area contributed by atoms with Crippen LogP contribution in [0.3, 0.4) is 0 Å². The van der Waals surface area contributed by atoms with Crippen molar-refractivity contribution in [3.63, 3.8) is 0 Å². The van der Waals surface area contributed by atoms with Gasteiger partial charge in [-0.1, -0.05) is 31.9 Å². The van der Waals surface area contributed by atoms with Gasteiger partial charge < -0.3 is 24.7 Å². The summed E-state index contributed by atoms with van der Waals surface area (Å²) in [6.45, 7) is 8.96. The highest BCUT2D eigenvalue weighted by Gasteiger charge is 2.42. The summed E-state index contributed by atoms with van der Waals surface area (Å²) in [4.78, 5) is 42.3. The van der Waals surface area contributed by atoms with Crippen LogP contribution >= 0.6 is 0 Å². The molecule has 0 bridgehead atoms. The summed E-state index contributed by atoms with van der Waals surface area (Å²) >= 11 is 0. The van der Waals surface area contributed by atoms with E-state index in [1.165, 1.54) is 12.0 Å². The lowest BCUT2D eigenvalue weighted by atomic mass is 10.00. The van der Waals surface area contributed by atoms with Gasteiger partial charge in [0.25, 0.3) is 0 Å². The summed E-state index contributed by atoms with van der Waals surface area (Å²) in [5, 5.41) is 8.18. The van der Waals surface area contributed by atoms with Crippen molar-refractivity contribution in [2.24, 2.45) is 5.73 Å². The van der Waals surface area contributed by atoms with Gasteiger partial charge in [0.15, 0.2) is 6.10 Å². The normalized spacial score (nSPS) is 19.2. The lowest BCUT2D eigenvalue weighted by Crippen LogP contribution is -2.49. The van der Waals surface area contributed by atoms with Gasteiger partial charge in [0.2, 0.25) is 10.0 Å². The Labute approximate surface area is 284 Å². The largest absolute Gasteiger partial charge is 0.490 e. The Bertz CT molecular complexity index is 1340. The molecule has 1 aromatic rings. The maximum absolute atomic E-state index is 13.4. The third-order valence-corrected chi connectivity index (χ3v) is 9.70. The number of hydrogen-bond acceptors (Lipinski definition) is 11. The minimum Gasteiger partial charge on any atom is -0.490 e. The standard InChI is InChI=1S/C33H53N5O9S/c1-6-7-19-48(42,43)36-26(30(39)44-5)20-23-11-13-24(14-12-23)45-22-25-21-38(32(41)46-25)28(31(40)47-33(2,3)4)16-15-27(29(34)35)37-17-9-8-10-18-37/h11-14,25-28,36H,6-10,15-22H2,1-5H3,(H3,34,35). The number of esters is 2. The van der Waals surface area contributed by atoms with Gasteiger partial charge in [-0.15, -0.1) is 0 Å². The van der Waals surface area contributed by atoms with Crippen LogP contribution in [0.2, 0.25) is 0 Å². The average molecular weight is 696 g/mol. The number of likely N-dealkylation sites (tertiary alicyclic amines) is 1. The van der Waals surface area contributed by atoms with Crippen LogP contribution in [0.4, 0.5) is 4.79 Å². The highest BCUT2D eigenvalue weighted by Crippen LogP contribution is 2.25. The first kappa shape index (κ1) is 39.0. The number of unbranched alkanes of at least 4 members (excludes halogenated alkanes) is 1. The zero-order chi connectivity index (χ0) is 35.5. The van der Waals surface area contributed by atoms with E-state index >= 15 is 0 Å². The Morgan fingerprint density at radius 1 is 1.08 bits per heavy atom. The number of nitrogens with two attached hydrogens (primary N) is 1. The van der Waals surface area contributed by atoms with Gasteiger partial charge in [0, 0.05) is 0 Å². The second-order valence-corrected chi connectivity index (χ2v) is 15.3. The fourth-order valence-electron chi connectivity index (χ4n) is 5.81. The van der Waals surface area contributed by atoms with E-state index in [1.807, 2.05) is 6.92 Å². The Balaban J connectivity index is 1.63. The molecule has 0 aliphatic carbocycles. The number of carbonyl (C=O) groups excluding carboxylic acids is 3.